The molecule has 0 saturated heterocycles. The Morgan fingerprint density at radius 3 is 2.13 bits per heavy atom. The third-order valence-corrected chi connectivity index (χ3v) is 1.75. The van der Waals surface area contributed by atoms with Crippen LogP contribution in [-0.2, 0) is 11.3 Å². The summed E-state index contributed by atoms with van der Waals surface area (Å²) in [6, 6.07) is 10.3. The van der Waals surface area contributed by atoms with E-state index in [1.165, 1.54) is 18.4 Å². The molecule has 0 heterocycles. The second-order valence-electron chi connectivity index (χ2n) is 3.60. The van der Waals surface area contributed by atoms with Gasteiger partial charge in [0.15, 0.2) is 0 Å². The van der Waals surface area contributed by atoms with Gasteiger partial charge in [-0.3, -0.25) is 0 Å². The molecule has 0 unspecified atom stereocenters. The molecule has 0 aromatic heterocycles. The van der Waals surface area contributed by atoms with Crippen LogP contribution in [0, 0.1) is 0 Å². The Morgan fingerprint density at radius 2 is 1.60 bits per heavy atom. The van der Waals surface area contributed by atoms with Gasteiger partial charge in [-0.1, -0.05) is 63.9 Å². The molecule has 0 aliphatic rings. The lowest BCUT2D eigenvalue weighted by Gasteiger charge is -2.02. The van der Waals surface area contributed by atoms with Crippen LogP contribution in [0.25, 0.3) is 0 Å². The van der Waals surface area contributed by atoms with E-state index < -0.39 is 0 Å². The van der Waals surface area contributed by atoms with Crippen LogP contribution in [0.5, 0.6) is 0 Å². The molecule has 1 nitrogen and oxygen atoms in total. The Labute approximate surface area is 94.5 Å². The summed E-state index contributed by atoms with van der Waals surface area (Å²) in [5.41, 5.74) is 1.26. The topological polar surface area (TPSA) is 9.23 Å². The van der Waals surface area contributed by atoms with Crippen LogP contribution in [0.3, 0.4) is 0 Å². The average Bonchev–Trinajstić information content (AvgIpc) is 2.27. The van der Waals surface area contributed by atoms with Crippen molar-refractivity contribution in [2.24, 2.45) is 0 Å². The van der Waals surface area contributed by atoms with E-state index in [2.05, 4.69) is 32.9 Å². The summed E-state index contributed by atoms with van der Waals surface area (Å²) in [6.07, 6.45) is 3.61. The van der Waals surface area contributed by atoms with Crippen molar-refractivity contribution in [3.05, 3.63) is 35.9 Å². The number of unbranched alkanes of at least 4 members (excludes halogenated alkanes) is 1. The fourth-order valence-electron chi connectivity index (χ4n) is 1.01. The van der Waals surface area contributed by atoms with Gasteiger partial charge in [0.25, 0.3) is 0 Å². The Morgan fingerprint density at radius 1 is 1.00 bits per heavy atom. The third kappa shape index (κ3) is 9.48. The molecular formula is C14H24O. The molecule has 0 amide bonds. The van der Waals surface area contributed by atoms with Gasteiger partial charge >= 0.3 is 0 Å². The van der Waals surface area contributed by atoms with Gasteiger partial charge in [0, 0.05) is 6.61 Å². The molecule has 0 fully saturated rings. The van der Waals surface area contributed by atoms with E-state index in [1.54, 1.807) is 0 Å². The summed E-state index contributed by atoms with van der Waals surface area (Å²) in [5.74, 6) is 0. The molecule has 1 heteroatoms. The second kappa shape index (κ2) is 11.3. The predicted molar refractivity (Wildman–Crippen MR) is 67.0 cm³/mol. The van der Waals surface area contributed by atoms with Gasteiger partial charge in [0.2, 0.25) is 0 Å². The summed E-state index contributed by atoms with van der Waals surface area (Å²) >= 11 is 0. The number of hydrogen-bond donors (Lipinski definition) is 0. The molecule has 1 aromatic carbocycles. The van der Waals surface area contributed by atoms with Crippen LogP contribution >= 0.6 is 0 Å². The van der Waals surface area contributed by atoms with Crippen molar-refractivity contribution in [1.82, 2.24) is 0 Å². The molecule has 0 N–H and O–H groups in total. The Bertz CT molecular complexity index is 206. The van der Waals surface area contributed by atoms with Crippen LogP contribution < -0.4 is 0 Å². The standard InChI is InChI=1S/C11H16O.C3H8/c1-2-3-9-12-10-11-7-5-4-6-8-11;1-3-2/h4-8H,2-3,9-10H2,1H3;3H2,1-2H3. The van der Waals surface area contributed by atoms with E-state index in [0.717, 1.165) is 19.6 Å². The number of benzene rings is 1. The van der Waals surface area contributed by atoms with E-state index >= 15 is 0 Å². The highest BCUT2D eigenvalue weighted by Crippen LogP contribution is 2.00. The lowest BCUT2D eigenvalue weighted by molar-refractivity contribution is 0.118. The van der Waals surface area contributed by atoms with E-state index in [4.69, 9.17) is 4.74 Å². The van der Waals surface area contributed by atoms with Crippen molar-refractivity contribution in [1.29, 1.82) is 0 Å². The minimum absolute atomic E-state index is 0.751. The van der Waals surface area contributed by atoms with E-state index in [-0.39, 0.29) is 0 Å². The molecule has 1 aromatic rings. The zero-order valence-electron chi connectivity index (χ0n) is 10.3. The molecule has 0 aliphatic heterocycles. The summed E-state index contributed by atoms with van der Waals surface area (Å²) in [4.78, 5) is 0. The number of hydrogen-bond acceptors (Lipinski definition) is 1. The van der Waals surface area contributed by atoms with E-state index in [0.29, 0.717) is 0 Å². The highest BCUT2D eigenvalue weighted by Gasteiger charge is 1.89. The molecule has 0 saturated carbocycles. The molecular weight excluding hydrogens is 184 g/mol. The molecule has 0 bridgehead atoms. The number of rotatable bonds is 5. The Kier molecular flexibility index (Phi) is 10.6. The predicted octanol–water partition coefficient (Wildman–Crippen LogP) is 4.42. The summed E-state index contributed by atoms with van der Waals surface area (Å²) in [6.45, 7) is 8.05. The third-order valence-electron chi connectivity index (χ3n) is 1.75. The molecule has 0 spiro atoms. The van der Waals surface area contributed by atoms with Crippen molar-refractivity contribution in [3.8, 4) is 0 Å². The first-order chi connectivity index (χ1) is 7.35. The lowest BCUT2D eigenvalue weighted by Crippen LogP contribution is -1.94. The molecule has 0 atom stereocenters. The van der Waals surface area contributed by atoms with E-state index in [1.807, 2.05) is 18.2 Å². The normalized spacial score (nSPS) is 9.27. The van der Waals surface area contributed by atoms with Crippen molar-refractivity contribution in [3.63, 3.8) is 0 Å². The van der Waals surface area contributed by atoms with Crippen molar-refractivity contribution < 1.29 is 4.74 Å². The highest BCUT2D eigenvalue weighted by atomic mass is 16.5. The van der Waals surface area contributed by atoms with Crippen LogP contribution in [-0.4, -0.2) is 6.61 Å². The van der Waals surface area contributed by atoms with Gasteiger partial charge < -0.3 is 4.74 Å². The van der Waals surface area contributed by atoms with Gasteiger partial charge in [0.1, 0.15) is 0 Å². The van der Waals surface area contributed by atoms with Crippen molar-refractivity contribution in [2.45, 2.75) is 46.6 Å². The summed E-state index contributed by atoms with van der Waals surface area (Å²) in [7, 11) is 0. The summed E-state index contributed by atoms with van der Waals surface area (Å²) in [5, 5.41) is 0. The monoisotopic (exact) mass is 208 g/mol. The maximum Gasteiger partial charge on any atom is 0.0716 e. The fraction of sp³-hybridized carbons (Fsp3) is 0.571. The van der Waals surface area contributed by atoms with E-state index in [9.17, 15) is 0 Å². The molecule has 1 rings (SSSR count). The van der Waals surface area contributed by atoms with Gasteiger partial charge in [0.05, 0.1) is 6.61 Å². The molecule has 86 valence electrons. The fourth-order valence-corrected chi connectivity index (χ4v) is 1.01. The molecule has 0 radical (unpaired) electrons. The minimum Gasteiger partial charge on any atom is -0.377 e. The van der Waals surface area contributed by atoms with Gasteiger partial charge in [-0.25, -0.2) is 0 Å². The average molecular weight is 208 g/mol. The molecule has 15 heavy (non-hydrogen) atoms. The smallest absolute Gasteiger partial charge is 0.0716 e. The van der Waals surface area contributed by atoms with Gasteiger partial charge in [-0.15, -0.1) is 0 Å². The maximum absolute atomic E-state index is 5.46. The first-order valence-electron chi connectivity index (χ1n) is 5.96. The lowest BCUT2D eigenvalue weighted by atomic mass is 10.2. The Balaban J connectivity index is 0.000000583. The quantitative estimate of drug-likeness (QED) is 0.651. The Hall–Kier alpha value is -0.820. The summed E-state index contributed by atoms with van der Waals surface area (Å²) < 4.78 is 5.46. The largest absolute Gasteiger partial charge is 0.377 e. The minimum atomic E-state index is 0.751. The second-order valence-corrected chi connectivity index (χ2v) is 3.60. The van der Waals surface area contributed by atoms with Gasteiger partial charge in [-0.05, 0) is 12.0 Å². The van der Waals surface area contributed by atoms with Crippen LogP contribution in [0.15, 0.2) is 30.3 Å². The first kappa shape index (κ1) is 14.2. The van der Waals surface area contributed by atoms with Gasteiger partial charge in [-0.2, -0.15) is 0 Å². The molecule has 0 aliphatic carbocycles. The maximum atomic E-state index is 5.46. The zero-order valence-corrected chi connectivity index (χ0v) is 10.3. The van der Waals surface area contributed by atoms with Crippen molar-refractivity contribution in [2.75, 3.05) is 6.61 Å². The first-order valence-corrected chi connectivity index (χ1v) is 5.96. The zero-order chi connectivity index (χ0) is 11.4. The SMILES string of the molecule is CCC.CCCCOCc1ccccc1. The van der Waals surface area contributed by atoms with Crippen LogP contribution in [0.4, 0.5) is 0 Å². The van der Waals surface area contributed by atoms with Crippen molar-refractivity contribution >= 4 is 0 Å². The van der Waals surface area contributed by atoms with Crippen LogP contribution in [0.1, 0.15) is 45.6 Å². The number of ether oxygens (including phenoxy) is 1. The highest BCUT2D eigenvalue weighted by molar-refractivity contribution is 5.13. The van der Waals surface area contributed by atoms with Crippen LogP contribution in [0.2, 0.25) is 0 Å².